The Hall–Kier alpha value is -2.93. The van der Waals surface area contributed by atoms with Gasteiger partial charge in [0.15, 0.2) is 0 Å². The van der Waals surface area contributed by atoms with Crippen LogP contribution < -0.4 is 15.4 Å². The smallest absolute Gasteiger partial charge is 0.269 e. The van der Waals surface area contributed by atoms with E-state index >= 15 is 0 Å². The van der Waals surface area contributed by atoms with Crippen molar-refractivity contribution in [3.63, 3.8) is 0 Å². The molecule has 1 aromatic heterocycles. The van der Waals surface area contributed by atoms with Crippen molar-refractivity contribution in [2.24, 2.45) is 0 Å². The maximum absolute atomic E-state index is 12.5. The third-order valence-electron chi connectivity index (χ3n) is 3.81. The summed E-state index contributed by atoms with van der Waals surface area (Å²) in [6.07, 6.45) is 2.39. The van der Waals surface area contributed by atoms with Crippen LogP contribution >= 0.6 is 0 Å². The zero-order valence-corrected chi connectivity index (χ0v) is 16.9. The summed E-state index contributed by atoms with van der Waals surface area (Å²) in [5.41, 5.74) is 1.24. The Balaban J connectivity index is 1.95. The number of hydrogen-bond donors (Lipinski definition) is 2. The summed E-state index contributed by atoms with van der Waals surface area (Å²) >= 11 is 0. The van der Waals surface area contributed by atoms with Crippen molar-refractivity contribution < 1.29 is 14.3 Å². The lowest BCUT2D eigenvalue weighted by Crippen LogP contribution is -2.28. The van der Waals surface area contributed by atoms with Gasteiger partial charge in [-0.15, -0.1) is 0 Å². The van der Waals surface area contributed by atoms with E-state index in [1.165, 1.54) is 12.3 Å². The molecule has 0 atom stereocenters. The average molecular weight is 384 g/mol. The van der Waals surface area contributed by atoms with Crippen LogP contribution in [0.2, 0.25) is 0 Å². The molecule has 0 aliphatic rings. The largest absolute Gasteiger partial charge is 0.491 e. The van der Waals surface area contributed by atoms with Crippen LogP contribution in [0.25, 0.3) is 0 Å². The van der Waals surface area contributed by atoms with Crippen LogP contribution in [0.15, 0.2) is 42.6 Å². The fourth-order valence-corrected chi connectivity index (χ4v) is 2.48. The number of nitrogens with zero attached hydrogens (tertiary/aromatic N) is 2. The van der Waals surface area contributed by atoms with Crippen molar-refractivity contribution >= 4 is 17.5 Å². The number of hydrogen-bond acceptors (Lipinski definition) is 5. The molecule has 1 heterocycles. The third kappa shape index (κ3) is 7.00. The molecular formula is C21H28N4O3. The van der Waals surface area contributed by atoms with Crippen LogP contribution in [0.3, 0.4) is 0 Å². The van der Waals surface area contributed by atoms with Crippen LogP contribution in [0, 0.1) is 0 Å². The Morgan fingerprint density at radius 2 is 1.82 bits per heavy atom. The minimum atomic E-state index is -0.304. The van der Waals surface area contributed by atoms with Crippen molar-refractivity contribution in [3.8, 4) is 5.75 Å². The third-order valence-corrected chi connectivity index (χ3v) is 3.81. The molecule has 2 aromatic rings. The van der Waals surface area contributed by atoms with Crippen LogP contribution in [-0.4, -0.2) is 55.0 Å². The van der Waals surface area contributed by atoms with E-state index in [2.05, 4.69) is 20.5 Å². The van der Waals surface area contributed by atoms with Crippen LogP contribution in [0.5, 0.6) is 5.75 Å². The fourth-order valence-electron chi connectivity index (χ4n) is 2.48. The molecule has 2 rings (SSSR count). The maximum atomic E-state index is 12.5. The second-order valence-electron chi connectivity index (χ2n) is 6.99. The number of aromatic nitrogens is 1. The van der Waals surface area contributed by atoms with E-state index in [0.29, 0.717) is 17.8 Å². The second-order valence-corrected chi connectivity index (χ2v) is 6.99. The average Bonchev–Trinajstić information content (AvgIpc) is 2.66. The Morgan fingerprint density at radius 1 is 1.11 bits per heavy atom. The number of rotatable bonds is 9. The number of benzene rings is 1. The standard InChI is InChI=1S/C21H28N4O3/c1-15(2)28-18-8-6-17(7-9-18)24-20(26)16-10-12-22-19(14-16)21(27)23-11-5-13-25(3)4/h6-10,12,14-15H,5,11,13H2,1-4H3,(H,23,27)(H,24,26). The van der Waals surface area contributed by atoms with E-state index in [9.17, 15) is 9.59 Å². The summed E-state index contributed by atoms with van der Waals surface area (Å²) < 4.78 is 5.59. The van der Waals surface area contributed by atoms with Gasteiger partial charge in [-0.3, -0.25) is 14.6 Å². The first-order valence-corrected chi connectivity index (χ1v) is 9.32. The van der Waals surface area contributed by atoms with Crippen molar-refractivity contribution in [1.82, 2.24) is 15.2 Å². The van der Waals surface area contributed by atoms with Crippen molar-refractivity contribution in [2.45, 2.75) is 26.4 Å². The van der Waals surface area contributed by atoms with Crippen LogP contribution in [0.1, 0.15) is 41.1 Å². The van der Waals surface area contributed by atoms with E-state index in [1.807, 2.05) is 27.9 Å². The van der Waals surface area contributed by atoms with Gasteiger partial charge in [-0.25, -0.2) is 0 Å². The van der Waals surface area contributed by atoms with Gasteiger partial charge in [0.1, 0.15) is 11.4 Å². The van der Waals surface area contributed by atoms with E-state index in [-0.39, 0.29) is 23.6 Å². The molecule has 2 N–H and O–H groups in total. The number of nitrogens with one attached hydrogen (secondary N) is 2. The lowest BCUT2D eigenvalue weighted by atomic mass is 10.2. The number of pyridine rings is 1. The number of carbonyl (C=O) groups is 2. The Bertz CT molecular complexity index is 788. The first-order chi connectivity index (χ1) is 13.3. The lowest BCUT2D eigenvalue weighted by Gasteiger charge is -2.11. The highest BCUT2D eigenvalue weighted by Crippen LogP contribution is 2.17. The minimum absolute atomic E-state index is 0.0877. The molecule has 0 unspecified atom stereocenters. The summed E-state index contributed by atoms with van der Waals surface area (Å²) in [4.78, 5) is 30.8. The van der Waals surface area contributed by atoms with E-state index in [4.69, 9.17) is 4.74 Å². The highest BCUT2D eigenvalue weighted by Gasteiger charge is 2.12. The van der Waals surface area contributed by atoms with Gasteiger partial charge in [0, 0.05) is 24.0 Å². The zero-order chi connectivity index (χ0) is 20.5. The van der Waals surface area contributed by atoms with Crippen molar-refractivity contribution in [2.75, 3.05) is 32.5 Å². The van der Waals surface area contributed by atoms with Gasteiger partial charge >= 0.3 is 0 Å². The summed E-state index contributed by atoms with van der Waals surface area (Å²) in [5, 5.41) is 5.63. The van der Waals surface area contributed by atoms with Gasteiger partial charge in [0.25, 0.3) is 11.8 Å². The monoisotopic (exact) mass is 384 g/mol. The minimum Gasteiger partial charge on any atom is -0.491 e. The highest BCUT2D eigenvalue weighted by atomic mass is 16.5. The predicted octanol–water partition coefficient (Wildman–Crippen LogP) is 2.80. The number of carbonyl (C=O) groups excluding carboxylic acids is 2. The van der Waals surface area contributed by atoms with Gasteiger partial charge in [0.05, 0.1) is 6.10 Å². The molecule has 0 saturated carbocycles. The molecule has 0 spiro atoms. The first-order valence-electron chi connectivity index (χ1n) is 9.32. The molecule has 0 saturated heterocycles. The Morgan fingerprint density at radius 3 is 2.46 bits per heavy atom. The summed E-state index contributed by atoms with van der Waals surface area (Å²) in [5.74, 6) is 0.148. The second kappa shape index (κ2) is 10.4. The maximum Gasteiger partial charge on any atom is 0.269 e. The number of ether oxygens (including phenoxy) is 1. The van der Waals surface area contributed by atoms with Crippen LogP contribution in [0.4, 0.5) is 5.69 Å². The lowest BCUT2D eigenvalue weighted by molar-refractivity contribution is 0.0947. The van der Waals surface area contributed by atoms with Crippen molar-refractivity contribution in [1.29, 1.82) is 0 Å². The fraction of sp³-hybridized carbons (Fsp3) is 0.381. The van der Waals surface area contributed by atoms with Crippen LogP contribution in [-0.2, 0) is 0 Å². The van der Waals surface area contributed by atoms with Gasteiger partial charge in [0.2, 0.25) is 0 Å². The van der Waals surface area contributed by atoms with Gasteiger partial charge in [-0.05, 0) is 77.3 Å². The molecule has 28 heavy (non-hydrogen) atoms. The molecule has 0 aliphatic heterocycles. The van der Waals surface area contributed by atoms with Gasteiger partial charge in [-0.1, -0.05) is 0 Å². The Labute approximate surface area is 166 Å². The normalized spacial score (nSPS) is 10.8. The highest BCUT2D eigenvalue weighted by molar-refractivity contribution is 6.05. The summed E-state index contributed by atoms with van der Waals surface area (Å²) in [6, 6.07) is 10.2. The first kappa shape index (κ1) is 21.4. The van der Waals surface area contributed by atoms with E-state index < -0.39 is 0 Å². The van der Waals surface area contributed by atoms with E-state index in [0.717, 1.165) is 18.7 Å². The molecular weight excluding hydrogens is 356 g/mol. The summed E-state index contributed by atoms with van der Waals surface area (Å²) in [6.45, 7) is 5.35. The molecule has 7 nitrogen and oxygen atoms in total. The van der Waals surface area contributed by atoms with Crippen molar-refractivity contribution in [3.05, 3.63) is 53.9 Å². The van der Waals surface area contributed by atoms with Gasteiger partial charge in [-0.2, -0.15) is 0 Å². The predicted molar refractivity (Wildman–Crippen MR) is 110 cm³/mol. The molecule has 0 bridgehead atoms. The molecule has 0 fully saturated rings. The molecule has 2 amide bonds. The van der Waals surface area contributed by atoms with E-state index in [1.54, 1.807) is 30.3 Å². The topological polar surface area (TPSA) is 83.6 Å². The SMILES string of the molecule is CC(C)Oc1ccc(NC(=O)c2ccnc(C(=O)NCCCN(C)C)c2)cc1. The number of anilines is 1. The molecule has 150 valence electrons. The Kier molecular flexibility index (Phi) is 7.95. The molecule has 0 radical (unpaired) electrons. The number of amides is 2. The van der Waals surface area contributed by atoms with Gasteiger partial charge < -0.3 is 20.3 Å². The zero-order valence-electron chi connectivity index (χ0n) is 16.9. The summed E-state index contributed by atoms with van der Waals surface area (Å²) in [7, 11) is 3.96. The quantitative estimate of drug-likeness (QED) is 0.650. The molecule has 0 aliphatic carbocycles. The molecule has 7 heteroatoms. The molecule has 1 aromatic carbocycles.